The molecule has 4 nitrogen and oxygen atoms in total. The lowest BCUT2D eigenvalue weighted by Gasteiger charge is -2.02. The van der Waals surface area contributed by atoms with Crippen LogP contribution in [0.2, 0.25) is 0 Å². The minimum Gasteiger partial charge on any atom is -0.297 e. The summed E-state index contributed by atoms with van der Waals surface area (Å²) in [5.41, 5.74) is 3.31. The summed E-state index contributed by atoms with van der Waals surface area (Å²) in [6.45, 7) is 2.24. The first kappa shape index (κ1) is 22.4. The largest absolute Gasteiger partial charge is 0.297 e. The van der Waals surface area contributed by atoms with Crippen molar-refractivity contribution in [3.8, 4) is 10.6 Å². The van der Waals surface area contributed by atoms with E-state index in [0.717, 1.165) is 27.0 Å². The van der Waals surface area contributed by atoms with Crippen molar-refractivity contribution in [2.75, 3.05) is 5.32 Å². The van der Waals surface area contributed by atoms with Crippen molar-refractivity contribution in [3.63, 3.8) is 0 Å². The van der Waals surface area contributed by atoms with E-state index in [-0.39, 0.29) is 5.91 Å². The number of hydrogen-bond acceptors (Lipinski definition) is 4. The average Bonchev–Trinajstić information content (AvgIpc) is 3.21. The Balaban J connectivity index is 1.50. The molecule has 0 radical (unpaired) electrons. The number of hydrogen-bond donors (Lipinski definition) is 1. The van der Waals surface area contributed by atoms with Crippen LogP contribution in [0.25, 0.3) is 16.6 Å². The fourth-order valence-electron chi connectivity index (χ4n) is 3.06. The molecule has 1 aromatic heterocycles. The van der Waals surface area contributed by atoms with Crippen molar-refractivity contribution >= 4 is 44.4 Å². The second-order valence-corrected chi connectivity index (χ2v) is 8.95. The van der Waals surface area contributed by atoms with Crippen LogP contribution >= 0.6 is 27.3 Å². The Hall–Kier alpha value is -2.31. The van der Waals surface area contributed by atoms with Gasteiger partial charge in [-0.2, -0.15) is 0 Å². The fourth-order valence-corrected chi connectivity index (χ4v) is 4.45. The molecule has 6 heteroatoms. The molecular weight excluding hydrogens is 458 g/mol. The van der Waals surface area contributed by atoms with Crippen molar-refractivity contribution in [1.29, 1.82) is 0 Å². The van der Waals surface area contributed by atoms with E-state index in [0.29, 0.717) is 5.13 Å². The van der Waals surface area contributed by atoms with Gasteiger partial charge in [0.2, 0.25) is 11.0 Å². The molecule has 156 valence electrons. The Morgan fingerprint density at radius 3 is 2.57 bits per heavy atom. The maximum Gasteiger partial charge on any atom is 0.250 e. The van der Waals surface area contributed by atoms with Crippen LogP contribution in [-0.2, 0) is 11.2 Å². The highest BCUT2D eigenvalue weighted by molar-refractivity contribution is 9.10. The lowest BCUT2D eigenvalue weighted by molar-refractivity contribution is -0.111. The first-order chi connectivity index (χ1) is 14.7. The Morgan fingerprint density at radius 1 is 1.03 bits per heavy atom. The van der Waals surface area contributed by atoms with Crippen LogP contribution in [-0.4, -0.2) is 16.1 Å². The van der Waals surface area contributed by atoms with E-state index in [1.165, 1.54) is 55.1 Å². The molecule has 1 heterocycles. The van der Waals surface area contributed by atoms with E-state index in [2.05, 4.69) is 62.6 Å². The van der Waals surface area contributed by atoms with Crippen LogP contribution in [0.3, 0.4) is 0 Å². The number of nitrogens with zero attached hydrogens (tertiary/aromatic N) is 2. The highest BCUT2D eigenvalue weighted by Gasteiger charge is 2.10. The van der Waals surface area contributed by atoms with Crippen LogP contribution in [0.1, 0.15) is 50.2 Å². The Morgan fingerprint density at radius 2 is 1.80 bits per heavy atom. The molecule has 3 rings (SSSR count). The summed E-state index contributed by atoms with van der Waals surface area (Å²) < 4.78 is 0.948. The number of halogens is 1. The van der Waals surface area contributed by atoms with Gasteiger partial charge >= 0.3 is 0 Å². The van der Waals surface area contributed by atoms with Crippen LogP contribution in [0.15, 0.2) is 59.1 Å². The van der Waals surface area contributed by atoms with Gasteiger partial charge in [0.1, 0.15) is 0 Å². The second kappa shape index (κ2) is 11.8. The SMILES string of the molecule is CCCCCCCc1ccc(/C=C/C(=O)Nc2nnc(-c3ccccc3Br)s2)cc1. The Labute approximate surface area is 190 Å². The van der Waals surface area contributed by atoms with Crippen molar-refractivity contribution in [1.82, 2.24) is 10.2 Å². The van der Waals surface area contributed by atoms with E-state index in [4.69, 9.17) is 0 Å². The zero-order valence-electron chi connectivity index (χ0n) is 17.1. The fraction of sp³-hybridized carbons (Fsp3) is 0.292. The number of nitrogens with one attached hydrogen (secondary N) is 1. The smallest absolute Gasteiger partial charge is 0.250 e. The summed E-state index contributed by atoms with van der Waals surface area (Å²) in [5.74, 6) is -0.218. The standard InChI is InChI=1S/C24H26BrN3OS/c1-2-3-4-5-6-9-18-12-14-19(15-13-18)16-17-22(29)26-24-28-27-23(30-24)20-10-7-8-11-21(20)25/h7-8,10-17H,2-6,9H2,1H3,(H,26,28,29)/b17-16+. The van der Waals surface area contributed by atoms with Gasteiger partial charge in [0, 0.05) is 16.1 Å². The first-order valence-corrected chi connectivity index (χ1v) is 11.9. The molecule has 1 amide bonds. The molecule has 2 aromatic carbocycles. The Kier molecular flexibility index (Phi) is 8.78. The van der Waals surface area contributed by atoms with Crippen LogP contribution in [0.5, 0.6) is 0 Å². The molecule has 0 aliphatic rings. The van der Waals surface area contributed by atoms with Gasteiger partial charge in [-0.3, -0.25) is 10.1 Å². The first-order valence-electron chi connectivity index (χ1n) is 10.3. The molecule has 0 fully saturated rings. The van der Waals surface area contributed by atoms with Gasteiger partial charge < -0.3 is 0 Å². The third-order valence-corrected chi connectivity index (χ3v) is 6.30. The van der Waals surface area contributed by atoms with E-state index in [9.17, 15) is 4.79 Å². The summed E-state index contributed by atoms with van der Waals surface area (Å²) in [6, 6.07) is 16.2. The third-order valence-electron chi connectivity index (χ3n) is 4.74. The highest BCUT2D eigenvalue weighted by atomic mass is 79.9. The molecule has 30 heavy (non-hydrogen) atoms. The molecule has 3 aromatic rings. The van der Waals surface area contributed by atoms with Gasteiger partial charge in [-0.15, -0.1) is 10.2 Å². The molecular formula is C24H26BrN3OS. The molecule has 0 saturated carbocycles. The molecule has 0 bridgehead atoms. The number of unbranched alkanes of at least 4 members (excludes halogenated alkanes) is 4. The van der Waals surface area contributed by atoms with Gasteiger partial charge in [0.25, 0.3) is 0 Å². The quantitative estimate of drug-likeness (QED) is 0.246. The zero-order chi connectivity index (χ0) is 21.2. The summed E-state index contributed by atoms with van der Waals surface area (Å²) in [5, 5.41) is 12.3. The lowest BCUT2D eigenvalue weighted by Crippen LogP contribution is -2.07. The normalized spacial score (nSPS) is 11.1. The maximum absolute atomic E-state index is 12.2. The van der Waals surface area contributed by atoms with Gasteiger partial charge in [-0.05, 0) is 36.1 Å². The Bertz CT molecular complexity index is 982. The number of amides is 1. The molecule has 1 N–H and O–H groups in total. The number of rotatable bonds is 10. The molecule has 0 unspecified atom stereocenters. The number of aromatic nitrogens is 2. The van der Waals surface area contributed by atoms with Crippen LogP contribution in [0, 0.1) is 0 Å². The van der Waals surface area contributed by atoms with Crippen molar-refractivity contribution in [2.45, 2.75) is 45.4 Å². The summed E-state index contributed by atoms with van der Waals surface area (Å²) in [6.07, 6.45) is 10.9. The van der Waals surface area contributed by atoms with E-state index >= 15 is 0 Å². The minimum absolute atomic E-state index is 0.218. The van der Waals surface area contributed by atoms with Crippen molar-refractivity contribution < 1.29 is 4.79 Å². The van der Waals surface area contributed by atoms with E-state index in [1.807, 2.05) is 30.3 Å². The van der Waals surface area contributed by atoms with Crippen molar-refractivity contribution in [3.05, 3.63) is 70.2 Å². The molecule has 0 aliphatic carbocycles. The predicted molar refractivity (Wildman–Crippen MR) is 130 cm³/mol. The highest BCUT2D eigenvalue weighted by Crippen LogP contribution is 2.31. The number of aryl methyl sites for hydroxylation is 1. The summed E-state index contributed by atoms with van der Waals surface area (Å²) >= 11 is 4.86. The maximum atomic E-state index is 12.2. The average molecular weight is 484 g/mol. The number of anilines is 1. The van der Waals surface area contributed by atoms with Gasteiger partial charge in [-0.1, -0.05) is 102 Å². The summed E-state index contributed by atoms with van der Waals surface area (Å²) in [4.78, 5) is 12.2. The minimum atomic E-state index is -0.218. The number of carbonyl (C=O) groups is 1. The van der Waals surface area contributed by atoms with Gasteiger partial charge in [0.15, 0.2) is 5.01 Å². The molecule has 0 atom stereocenters. The van der Waals surface area contributed by atoms with E-state index in [1.54, 1.807) is 0 Å². The topological polar surface area (TPSA) is 54.9 Å². The van der Waals surface area contributed by atoms with E-state index < -0.39 is 0 Å². The summed E-state index contributed by atoms with van der Waals surface area (Å²) in [7, 11) is 0. The van der Waals surface area contributed by atoms with Gasteiger partial charge in [0.05, 0.1) is 0 Å². The third kappa shape index (κ3) is 6.89. The zero-order valence-corrected chi connectivity index (χ0v) is 19.5. The number of benzene rings is 2. The van der Waals surface area contributed by atoms with Crippen LogP contribution < -0.4 is 5.32 Å². The monoisotopic (exact) mass is 483 g/mol. The lowest BCUT2D eigenvalue weighted by atomic mass is 10.0. The molecule has 0 spiro atoms. The van der Waals surface area contributed by atoms with Crippen LogP contribution in [0.4, 0.5) is 5.13 Å². The second-order valence-electron chi connectivity index (χ2n) is 7.12. The van der Waals surface area contributed by atoms with Gasteiger partial charge in [-0.25, -0.2) is 0 Å². The van der Waals surface area contributed by atoms with Crippen molar-refractivity contribution in [2.24, 2.45) is 0 Å². The predicted octanol–water partition coefficient (Wildman–Crippen LogP) is 7.13. The number of carbonyl (C=O) groups excluding carboxylic acids is 1. The molecule has 0 aliphatic heterocycles. The molecule has 0 saturated heterocycles.